The number of unbranched alkanes of at least 4 members (excludes halogenated alkanes) is 1. The van der Waals surface area contributed by atoms with Crippen LogP contribution in [-0.2, 0) is 29.0 Å². The molecule has 4 rings (SSSR count). The Labute approximate surface area is 202 Å². The lowest BCUT2D eigenvalue weighted by atomic mass is 9.91. The Hall–Kier alpha value is -2.86. The number of nitrogens with zero attached hydrogens (tertiary/aromatic N) is 1. The predicted molar refractivity (Wildman–Crippen MR) is 135 cm³/mol. The molecule has 0 spiro atoms. The molecule has 2 aromatic rings. The maximum Gasteiger partial charge on any atom is 0.305 e. The zero-order valence-electron chi connectivity index (χ0n) is 20.0. The fraction of sp³-hybridized carbons (Fsp3) is 0.500. The second-order valence-corrected chi connectivity index (χ2v) is 9.72. The van der Waals surface area contributed by atoms with Gasteiger partial charge in [-0.05, 0) is 73.9 Å². The zero-order chi connectivity index (χ0) is 23.8. The number of amides is 1. The Morgan fingerprint density at radius 2 is 1.79 bits per heavy atom. The largest absolute Gasteiger partial charge is 0.481 e. The average Bonchev–Trinajstić information content (AvgIpc) is 2.97. The van der Waals surface area contributed by atoms with Crippen molar-refractivity contribution in [3.63, 3.8) is 0 Å². The molecule has 0 radical (unpaired) electrons. The van der Waals surface area contributed by atoms with Crippen LogP contribution in [0.25, 0.3) is 0 Å². The molecule has 1 saturated heterocycles. The van der Waals surface area contributed by atoms with E-state index in [0.29, 0.717) is 13.1 Å². The molecule has 34 heavy (non-hydrogen) atoms. The number of hydrogen-bond acceptors (Lipinski definition) is 4. The van der Waals surface area contributed by atoms with E-state index in [4.69, 9.17) is 0 Å². The third-order valence-corrected chi connectivity index (χ3v) is 7.15. The number of carbonyl (C=O) groups excluding carboxylic acids is 1. The van der Waals surface area contributed by atoms with E-state index < -0.39 is 12.0 Å². The van der Waals surface area contributed by atoms with E-state index in [-0.39, 0.29) is 12.3 Å². The summed E-state index contributed by atoms with van der Waals surface area (Å²) in [5.74, 6) is -0.246. The summed E-state index contributed by atoms with van der Waals surface area (Å²) in [6.45, 7) is 3.37. The molecule has 2 aromatic carbocycles. The number of hydrogen-bond donors (Lipinski definition) is 3. The van der Waals surface area contributed by atoms with Crippen molar-refractivity contribution in [3.8, 4) is 0 Å². The Bertz CT molecular complexity index is 957. The molecular formula is C28H37N3O3. The summed E-state index contributed by atoms with van der Waals surface area (Å²) in [6, 6.07) is 15.7. The third kappa shape index (κ3) is 6.83. The molecule has 1 amide bonds. The number of nitrogens with one attached hydrogen (secondary N) is 2. The van der Waals surface area contributed by atoms with Crippen LogP contribution in [0.2, 0.25) is 0 Å². The lowest BCUT2D eigenvalue weighted by Gasteiger charge is -2.24. The van der Waals surface area contributed by atoms with Gasteiger partial charge in [0.2, 0.25) is 5.91 Å². The molecule has 6 heteroatoms. The van der Waals surface area contributed by atoms with E-state index in [2.05, 4.69) is 41.0 Å². The first-order valence-corrected chi connectivity index (χ1v) is 12.7. The summed E-state index contributed by atoms with van der Waals surface area (Å²) in [5.41, 5.74) is 4.36. The van der Waals surface area contributed by atoms with Gasteiger partial charge in [0, 0.05) is 18.8 Å². The van der Waals surface area contributed by atoms with Crippen molar-refractivity contribution < 1.29 is 14.7 Å². The number of aliphatic carboxylic acids is 1. The van der Waals surface area contributed by atoms with Crippen molar-refractivity contribution in [2.75, 3.05) is 25.0 Å². The maximum absolute atomic E-state index is 13.2. The van der Waals surface area contributed by atoms with Crippen LogP contribution >= 0.6 is 0 Å². The minimum Gasteiger partial charge on any atom is -0.481 e. The summed E-state index contributed by atoms with van der Waals surface area (Å²) in [6.07, 6.45) is 7.82. The second kappa shape index (κ2) is 12.0. The number of carbonyl (C=O) groups is 2. The van der Waals surface area contributed by atoms with Gasteiger partial charge in [0.25, 0.3) is 0 Å². The highest BCUT2D eigenvalue weighted by atomic mass is 16.4. The van der Waals surface area contributed by atoms with E-state index in [1.807, 2.05) is 18.2 Å². The Balaban J connectivity index is 1.40. The Kier molecular flexibility index (Phi) is 8.58. The first-order valence-electron chi connectivity index (χ1n) is 12.7. The molecule has 1 atom stereocenters. The van der Waals surface area contributed by atoms with Gasteiger partial charge in [-0.25, -0.2) is 0 Å². The Morgan fingerprint density at radius 3 is 2.56 bits per heavy atom. The lowest BCUT2D eigenvalue weighted by Crippen LogP contribution is -2.42. The van der Waals surface area contributed by atoms with Crippen LogP contribution in [0.4, 0.5) is 5.69 Å². The zero-order valence-corrected chi connectivity index (χ0v) is 20.0. The minimum absolute atomic E-state index is 0.141. The fourth-order valence-electron chi connectivity index (χ4n) is 5.15. The number of carboxylic acid groups (broad SMARTS) is 1. The summed E-state index contributed by atoms with van der Waals surface area (Å²) >= 11 is 0. The molecule has 3 N–H and O–H groups in total. The van der Waals surface area contributed by atoms with Gasteiger partial charge in [-0.2, -0.15) is 0 Å². The molecular weight excluding hydrogens is 426 g/mol. The molecule has 2 aliphatic rings. The van der Waals surface area contributed by atoms with Gasteiger partial charge in [0.05, 0.1) is 6.42 Å². The van der Waals surface area contributed by atoms with Crippen LogP contribution in [0.5, 0.6) is 0 Å². The van der Waals surface area contributed by atoms with Crippen LogP contribution in [0.15, 0.2) is 48.5 Å². The van der Waals surface area contributed by atoms with Crippen LogP contribution in [0, 0.1) is 5.92 Å². The van der Waals surface area contributed by atoms with Gasteiger partial charge in [-0.3, -0.25) is 9.59 Å². The second-order valence-electron chi connectivity index (χ2n) is 9.72. The molecule has 182 valence electrons. The van der Waals surface area contributed by atoms with Crippen LogP contribution in [0.3, 0.4) is 0 Å². The van der Waals surface area contributed by atoms with Gasteiger partial charge >= 0.3 is 5.97 Å². The molecule has 0 unspecified atom stereocenters. The quantitative estimate of drug-likeness (QED) is 0.459. The third-order valence-electron chi connectivity index (χ3n) is 7.15. The number of piperidine rings is 1. The van der Waals surface area contributed by atoms with E-state index in [0.717, 1.165) is 49.5 Å². The van der Waals surface area contributed by atoms with Gasteiger partial charge in [-0.1, -0.05) is 55.3 Å². The van der Waals surface area contributed by atoms with Gasteiger partial charge < -0.3 is 20.6 Å². The molecule has 0 aromatic heterocycles. The van der Waals surface area contributed by atoms with Crippen molar-refractivity contribution in [2.45, 2.75) is 64.0 Å². The van der Waals surface area contributed by atoms with Gasteiger partial charge in [0.1, 0.15) is 6.04 Å². The molecule has 2 heterocycles. The summed E-state index contributed by atoms with van der Waals surface area (Å²) in [5, 5.41) is 16.1. The Morgan fingerprint density at radius 1 is 1.00 bits per heavy atom. The van der Waals surface area contributed by atoms with E-state index in [9.17, 15) is 14.7 Å². The molecule has 2 aliphatic heterocycles. The smallest absolute Gasteiger partial charge is 0.305 e. The van der Waals surface area contributed by atoms with Gasteiger partial charge in [0.15, 0.2) is 0 Å². The van der Waals surface area contributed by atoms with E-state index in [1.54, 1.807) is 4.90 Å². The highest BCUT2D eigenvalue weighted by Crippen LogP contribution is 2.27. The minimum atomic E-state index is -0.966. The SMILES string of the molecule is O=C(O)C[C@H]1Nc2cc(CCCCC3CCNCC3)ccc2CN(CCc2ccccc2)C1=O. The predicted octanol–water partition coefficient (Wildman–Crippen LogP) is 4.24. The normalized spacial score (nSPS) is 18.8. The molecule has 0 bridgehead atoms. The number of aryl methyl sites for hydroxylation is 1. The lowest BCUT2D eigenvalue weighted by molar-refractivity contribution is -0.141. The van der Waals surface area contributed by atoms with Crippen molar-refractivity contribution in [1.29, 1.82) is 0 Å². The number of carboxylic acids is 1. The van der Waals surface area contributed by atoms with Crippen LogP contribution in [-0.4, -0.2) is 47.6 Å². The van der Waals surface area contributed by atoms with Gasteiger partial charge in [-0.15, -0.1) is 0 Å². The number of benzene rings is 2. The standard InChI is InChI=1S/C28H37N3O3/c32-27(33)19-26-28(34)31(17-14-21-6-2-1-3-7-21)20-24-11-10-23(18-25(24)30-26)9-5-4-8-22-12-15-29-16-13-22/h1-3,6-7,10-11,18,22,26,29-30H,4-5,8-9,12-17,19-20H2,(H,32,33)/t26-/m1/s1. The van der Waals surface area contributed by atoms with E-state index in [1.165, 1.54) is 36.8 Å². The van der Waals surface area contributed by atoms with Crippen molar-refractivity contribution >= 4 is 17.6 Å². The van der Waals surface area contributed by atoms with Crippen LogP contribution < -0.4 is 10.6 Å². The topological polar surface area (TPSA) is 81.7 Å². The first-order chi connectivity index (χ1) is 16.6. The fourth-order valence-corrected chi connectivity index (χ4v) is 5.15. The highest BCUT2D eigenvalue weighted by Gasteiger charge is 2.30. The number of anilines is 1. The monoisotopic (exact) mass is 463 g/mol. The van der Waals surface area contributed by atoms with E-state index >= 15 is 0 Å². The van der Waals surface area contributed by atoms with Crippen molar-refractivity contribution in [2.24, 2.45) is 5.92 Å². The number of rotatable bonds is 10. The molecule has 0 saturated carbocycles. The average molecular weight is 464 g/mol. The highest BCUT2D eigenvalue weighted by molar-refractivity contribution is 5.90. The van der Waals surface area contributed by atoms with Crippen molar-refractivity contribution in [1.82, 2.24) is 10.2 Å². The summed E-state index contributed by atoms with van der Waals surface area (Å²) in [7, 11) is 0. The summed E-state index contributed by atoms with van der Waals surface area (Å²) in [4.78, 5) is 26.5. The summed E-state index contributed by atoms with van der Waals surface area (Å²) < 4.78 is 0. The maximum atomic E-state index is 13.2. The van der Waals surface area contributed by atoms with Crippen LogP contribution in [0.1, 0.15) is 55.2 Å². The van der Waals surface area contributed by atoms with Crippen molar-refractivity contribution in [3.05, 3.63) is 65.2 Å². The number of fused-ring (bicyclic) bond motifs is 1. The first kappa shape index (κ1) is 24.3. The molecule has 0 aliphatic carbocycles. The molecule has 1 fully saturated rings. The molecule has 6 nitrogen and oxygen atoms in total.